The molecule has 4 heteroatoms. The molecule has 0 unspecified atom stereocenters. The Bertz CT molecular complexity index is 145. The number of halogens is 2. The highest BCUT2D eigenvalue weighted by Gasteiger charge is 1.98. The maximum Gasteiger partial charge on any atom is 0.245 e. The Morgan fingerprint density at radius 3 is 2.43 bits per heavy atom. The topological polar surface area (TPSA) is 26.0 Å². The highest BCUT2D eigenvalue weighted by atomic mass is 35.5. The number of hydrogen-bond acceptors (Lipinski definition) is 2. The average Bonchev–Trinajstić information content (AvgIpc) is 1.91. The van der Waals surface area contributed by atoms with Gasteiger partial charge in [0.05, 0.1) is 0 Å². The molecule has 0 atom stereocenters. The molecule has 1 rings (SSSR count). The lowest BCUT2D eigenvalue weighted by Crippen LogP contribution is -1.46. The van der Waals surface area contributed by atoms with Gasteiger partial charge in [-0.05, 0) is 11.6 Å². The second kappa shape index (κ2) is 1.72. The summed E-state index contributed by atoms with van der Waals surface area (Å²) in [6.45, 7) is 0. The largest absolute Gasteiger partial charge is 0.342 e. The zero-order valence-electron chi connectivity index (χ0n) is 3.11. The van der Waals surface area contributed by atoms with Gasteiger partial charge in [-0.15, -0.1) is 0 Å². The van der Waals surface area contributed by atoms with Gasteiger partial charge in [0.2, 0.25) is 5.22 Å². The Hall–Kier alpha value is -0.210. The highest BCUT2D eigenvalue weighted by Crippen LogP contribution is 2.18. The monoisotopic (exact) mass is 136 g/mol. The Labute approximate surface area is 50.0 Å². The highest BCUT2D eigenvalue weighted by molar-refractivity contribution is 6.40. The predicted octanol–water partition coefficient (Wildman–Crippen LogP) is 1.78. The molecule has 0 amide bonds. The van der Waals surface area contributed by atoms with E-state index in [9.17, 15) is 0 Å². The average molecular weight is 137 g/mol. The van der Waals surface area contributed by atoms with E-state index < -0.39 is 0 Å². The Morgan fingerprint density at radius 1 is 1.57 bits per heavy atom. The van der Waals surface area contributed by atoms with Crippen LogP contribution in [0.5, 0.6) is 0 Å². The van der Waals surface area contributed by atoms with Gasteiger partial charge >= 0.3 is 0 Å². The zero-order valence-corrected chi connectivity index (χ0v) is 4.62. The van der Waals surface area contributed by atoms with Gasteiger partial charge in [0.25, 0.3) is 0 Å². The molecule has 0 bridgehead atoms. The molecule has 1 heterocycles. The Morgan fingerprint density at radius 2 is 2.29 bits per heavy atom. The summed E-state index contributed by atoms with van der Waals surface area (Å²) in [5, 5.41) is 3.47. The van der Waals surface area contributed by atoms with Gasteiger partial charge in [-0.1, -0.05) is 16.8 Å². The fourth-order valence-electron chi connectivity index (χ4n) is 0.187. The molecular formula is C3Cl2NO. The van der Waals surface area contributed by atoms with Crippen LogP contribution in [0.4, 0.5) is 0 Å². The van der Waals surface area contributed by atoms with Crippen molar-refractivity contribution in [3.05, 3.63) is 16.4 Å². The Kier molecular flexibility index (Phi) is 1.21. The summed E-state index contributed by atoms with van der Waals surface area (Å²) >= 11 is 10.5. The summed E-state index contributed by atoms with van der Waals surface area (Å²) in [5.41, 5.74) is 0. The summed E-state index contributed by atoms with van der Waals surface area (Å²) in [7, 11) is 0. The minimum absolute atomic E-state index is 0.0849. The summed E-state index contributed by atoms with van der Waals surface area (Å²) < 4.78 is 4.29. The molecule has 1 radical (unpaired) electrons. The lowest BCUT2D eigenvalue weighted by Gasteiger charge is -1.69. The van der Waals surface area contributed by atoms with Crippen molar-refractivity contribution >= 4 is 23.2 Å². The summed E-state index contributed by atoms with van der Waals surface area (Å²) in [6.07, 6.45) is 2.29. The molecule has 1 aromatic heterocycles. The van der Waals surface area contributed by atoms with Crippen LogP contribution in [0.3, 0.4) is 0 Å². The quantitative estimate of drug-likeness (QED) is 0.544. The van der Waals surface area contributed by atoms with E-state index in [1.807, 2.05) is 0 Å². The van der Waals surface area contributed by atoms with Crippen molar-refractivity contribution in [2.75, 3.05) is 0 Å². The van der Waals surface area contributed by atoms with Gasteiger partial charge in [-0.25, -0.2) is 0 Å². The molecule has 0 saturated carbocycles. The van der Waals surface area contributed by atoms with Gasteiger partial charge in [0.1, 0.15) is 5.02 Å². The van der Waals surface area contributed by atoms with Crippen LogP contribution >= 0.6 is 23.2 Å². The molecule has 0 aliphatic rings. The van der Waals surface area contributed by atoms with Gasteiger partial charge in [-0.2, -0.15) is 0 Å². The second-order valence-corrected chi connectivity index (χ2v) is 1.60. The van der Waals surface area contributed by atoms with Crippen molar-refractivity contribution in [3.8, 4) is 0 Å². The van der Waals surface area contributed by atoms with Crippen molar-refractivity contribution in [1.82, 2.24) is 5.16 Å². The maximum absolute atomic E-state index is 5.28. The van der Waals surface area contributed by atoms with E-state index in [1.54, 1.807) is 0 Å². The van der Waals surface area contributed by atoms with Gasteiger partial charge in [0, 0.05) is 0 Å². The molecule has 0 aliphatic heterocycles. The maximum atomic E-state index is 5.28. The SMILES string of the molecule is Clc1[c]noc1Cl. The number of rotatable bonds is 0. The number of aromatic nitrogens is 1. The molecular weight excluding hydrogens is 137 g/mol. The molecule has 37 valence electrons. The molecule has 2 nitrogen and oxygen atoms in total. The van der Waals surface area contributed by atoms with E-state index in [0.29, 0.717) is 0 Å². The first-order valence-electron chi connectivity index (χ1n) is 1.49. The summed E-state index contributed by atoms with van der Waals surface area (Å²) in [4.78, 5) is 0. The summed E-state index contributed by atoms with van der Waals surface area (Å²) in [6, 6.07) is 0. The molecule has 0 fully saturated rings. The minimum atomic E-state index is 0.0849. The number of hydrogen-bond donors (Lipinski definition) is 0. The van der Waals surface area contributed by atoms with E-state index in [2.05, 4.69) is 15.9 Å². The molecule has 0 spiro atoms. The van der Waals surface area contributed by atoms with E-state index in [1.165, 1.54) is 0 Å². The van der Waals surface area contributed by atoms with Crippen LogP contribution in [0, 0.1) is 6.20 Å². The van der Waals surface area contributed by atoms with Crippen LogP contribution in [0.15, 0.2) is 4.52 Å². The van der Waals surface area contributed by atoms with Crippen molar-refractivity contribution in [1.29, 1.82) is 0 Å². The van der Waals surface area contributed by atoms with Gasteiger partial charge in [0.15, 0.2) is 6.20 Å². The third-order valence-electron chi connectivity index (χ3n) is 0.442. The lowest BCUT2D eigenvalue weighted by molar-refractivity contribution is 0.420. The molecule has 0 saturated heterocycles. The second-order valence-electron chi connectivity index (χ2n) is 0.882. The van der Waals surface area contributed by atoms with Crippen molar-refractivity contribution in [3.63, 3.8) is 0 Å². The molecule has 0 aliphatic carbocycles. The van der Waals surface area contributed by atoms with E-state index in [4.69, 9.17) is 23.2 Å². The molecule has 1 aromatic rings. The molecule has 0 aromatic carbocycles. The first-order valence-corrected chi connectivity index (χ1v) is 2.24. The molecule has 0 N–H and O–H groups in total. The third kappa shape index (κ3) is 0.868. The summed E-state index contributed by atoms with van der Waals surface area (Å²) in [5.74, 6) is 0. The standard InChI is InChI=1S/C3Cl2NO/c4-2-1-6-7-3(2)5. The van der Waals surface area contributed by atoms with Crippen LogP contribution in [-0.4, -0.2) is 5.16 Å². The van der Waals surface area contributed by atoms with Gasteiger partial charge < -0.3 is 4.52 Å². The van der Waals surface area contributed by atoms with Crippen LogP contribution in [0.1, 0.15) is 0 Å². The fraction of sp³-hybridized carbons (Fsp3) is 0. The zero-order chi connectivity index (χ0) is 5.28. The van der Waals surface area contributed by atoms with E-state index in [0.717, 1.165) is 0 Å². The van der Waals surface area contributed by atoms with Crippen LogP contribution in [0.2, 0.25) is 10.2 Å². The normalized spacial score (nSPS) is 9.43. The first kappa shape index (κ1) is 4.94. The van der Waals surface area contributed by atoms with E-state index >= 15 is 0 Å². The van der Waals surface area contributed by atoms with Crippen molar-refractivity contribution in [2.45, 2.75) is 0 Å². The Balaban J connectivity index is 3.12. The van der Waals surface area contributed by atoms with E-state index in [-0.39, 0.29) is 10.2 Å². The van der Waals surface area contributed by atoms with Crippen LogP contribution in [0.25, 0.3) is 0 Å². The van der Waals surface area contributed by atoms with Crippen LogP contribution < -0.4 is 0 Å². The van der Waals surface area contributed by atoms with Crippen LogP contribution in [-0.2, 0) is 0 Å². The van der Waals surface area contributed by atoms with Gasteiger partial charge in [-0.3, -0.25) is 0 Å². The minimum Gasteiger partial charge on any atom is -0.342 e. The molecule has 7 heavy (non-hydrogen) atoms. The first-order chi connectivity index (χ1) is 3.30. The third-order valence-corrected chi connectivity index (χ3v) is 1.05. The lowest BCUT2D eigenvalue weighted by atomic mass is 10.8. The van der Waals surface area contributed by atoms with Crippen molar-refractivity contribution < 1.29 is 4.52 Å². The smallest absolute Gasteiger partial charge is 0.245 e. The fourth-order valence-corrected chi connectivity index (χ4v) is 0.333. The number of nitrogens with zero attached hydrogens (tertiary/aromatic N) is 1. The van der Waals surface area contributed by atoms with Crippen molar-refractivity contribution in [2.24, 2.45) is 0 Å². The predicted molar refractivity (Wildman–Crippen MR) is 25.4 cm³/mol.